The van der Waals surface area contributed by atoms with Crippen LogP contribution in [0.1, 0.15) is 43.2 Å². The third kappa shape index (κ3) is 3.23. The summed E-state index contributed by atoms with van der Waals surface area (Å²) in [5.41, 5.74) is -0.335. The van der Waals surface area contributed by atoms with Crippen LogP contribution in [0.3, 0.4) is 0 Å². The minimum atomic E-state index is -0.906. The quantitative estimate of drug-likeness (QED) is 0.866. The second-order valence-electron chi connectivity index (χ2n) is 5.18. The summed E-state index contributed by atoms with van der Waals surface area (Å²) in [5.74, 6) is -0.189. The maximum absolute atomic E-state index is 12.0. The van der Waals surface area contributed by atoms with Gasteiger partial charge in [0.05, 0.1) is 10.6 Å². The number of nitrogens with zero attached hydrogens (tertiary/aromatic N) is 1. The molecule has 1 amide bonds. The summed E-state index contributed by atoms with van der Waals surface area (Å²) in [5, 5.41) is 12.8. The molecule has 1 heterocycles. The number of nitrogens with one attached hydrogen (secondary N) is 1. The number of carbonyl (C=O) groups is 1. The highest BCUT2D eigenvalue weighted by Gasteiger charge is 2.28. The van der Waals surface area contributed by atoms with Gasteiger partial charge in [-0.15, -0.1) is 0 Å². The molecule has 0 bridgehead atoms. The van der Waals surface area contributed by atoms with E-state index in [0.717, 1.165) is 12.8 Å². The molecule has 94 valence electrons. The first-order chi connectivity index (χ1) is 7.87. The van der Waals surface area contributed by atoms with Gasteiger partial charge in [-0.2, -0.15) is 0 Å². The van der Waals surface area contributed by atoms with Gasteiger partial charge in [-0.1, -0.05) is 11.6 Å². The molecule has 1 aliphatic carbocycles. The van der Waals surface area contributed by atoms with Gasteiger partial charge in [-0.05, 0) is 32.8 Å². The van der Waals surface area contributed by atoms with E-state index in [2.05, 4.69) is 5.32 Å². The molecular formula is C12H17ClN2O2. The molecule has 1 saturated carbocycles. The Morgan fingerprint density at radius 2 is 2.29 bits per heavy atom. The van der Waals surface area contributed by atoms with Gasteiger partial charge in [-0.3, -0.25) is 4.79 Å². The Bertz CT molecular complexity index is 430. The molecule has 0 radical (unpaired) electrons. The molecule has 1 aliphatic rings. The standard InChI is InChI=1S/C12H17ClN2O2/c1-12(2,17)7-14-11(16)10-5-8(13)6-15(10)9-3-4-9/h5-6,9,17H,3-4,7H2,1-2H3,(H,14,16). The van der Waals surface area contributed by atoms with Crippen LogP contribution in [0, 0.1) is 0 Å². The van der Waals surface area contributed by atoms with Crippen LogP contribution in [-0.4, -0.2) is 27.7 Å². The lowest BCUT2D eigenvalue weighted by Gasteiger charge is -2.18. The number of hydrogen-bond acceptors (Lipinski definition) is 2. The van der Waals surface area contributed by atoms with E-state index in [1.165, 1.54) is 0 Å². The largest absolute Gasteiger partial charge is 0.389 e. The van der Waals surface area contributed by atoms with Crippen LogP contribution in [0.2, 0.25) is 5.02 Å². The lowest BCUT2D eigenvalue weighted by Crippen LogP contribution is -2.38. The predicted octanol–water partition coefficient (Wildman–Crippen LogP) is 1.98. The minimum absolute atomic E-state index is 0.189. The molecule has 0 saturated heterocycles. The maximum Gasteiger partial charge on any atom is 0.268 e. The van der Waals surface area contributed by atoms with Crippen LogP contribution >= 0.6 is 11.6 Å². The van der Waals surface area contributed by atoms with Crippen molar-refractivity contribution >= 4 is 17.5 Å². The van der Waals surface area contributed by atoms with Crippen molar-refractivity contribution < 1.29 is 9.90 Å². The van der Waals surface area contributed by atoms with Gasteiger partial charge in [0.25, 0.3) is 5.91 Å². The third-order valence-corrected chi connectivity index (χ3v) is 2.88. The van der Waals surface area contributed by atoms with E-state index < -0.39 is 5.60 Å². The Hall–Kier alpha value is -1.00. The fourth-order valence-electron chi connectivity index (χ4n) is 1.67. The van der Waals surface area contributed by atoms with E-state index in [-0.39, 0.29) is 12.5 Å². The van der Waals surface area contributed by atoms with Crippen LogP contribution in [0.5, 0.6) is 0 Å². The van der Waals surface area contributed by atoms with Crippen LogP contribution < -0.4 is 5.32 Å². The van der Waals surface area contributed by atoms with E-state index in [0.29, 0.717) is 16.8 Å². The molecule has 0 spiro atoms. The smallest absolute Gasteiger partial charge is 0.268 e. The normalized spacial score (nSPS) is 16.0. The van der Waals surface area contributed by atoms with Crippen LogP contribution in [0.25, 0.3) is 0 Å². The highest BCUT2D eigenvalue weighted by molar-refractivity contribution is 6.31. The van der Waals surface area contributed by atoms with Crippen molar-refractivity contribution in [2.24, 2.45) is 0 Å². The van der Waals surface area contributed by atoms with Crippen molar-refractivity contribution in [2.75, 3.05) is 6.54 Å². The number of aromatic nitrogens is 1. The van der Waals surface area contributed by atoms with Gasteiger partial charge >= 0.3 is 0 Å². The number of hydrogen-bond donors (Lipinski definition) is 2. The molecule has 0 aromatic carbocycles. The van der Waals surface area contributed by atoms with Gasteiger partial charge in [-0.25, -0.2) is 0 Å². The third-order valence-electron chi connectivity index (χ3n) is 2.67. The summed E-state index contributed by atoms with van der Waals surface area (Å²) in [6.07, 6.45) is 3.98. The van der Waals surface area contributed by atoms with Gasteiger partial charge in [0.2, 0.25) is 0 Å². The number of amides is 1. The first-order valence-electron chi connectivity index (χ1n) is 5.75. The van der Waals surface area contributed by atoms with E-state index in [4.69, 9.17) is 11.6 Å². The van der Waals surface area contributed by atoms with Crippen LogP contribution in [0.4, 0.5) is 0 Å². The molecule has 1 fully saturated rings. The lowest BCUT2D eigenvalue weighted by atomic mass is 10.1. The van der Waals surface area contributed by atoms with Crippen molar-refractivity contribution in [1.82, 2.24) is 9.88 Å². The molecule has 0 unspecified atom stereocenters. The Balaban J connectivity index is 2.08. The van der Waals surface area contributed by atoms with Crippen molar-refractivity contribution in [3.63, 3.8) is 0 Å². The van der Waals surface area contributed by atoms with Crippen molar-refractivity contribution in [2.45, 2.75) is 38.3 Å². The predicted molar refractivity (Wildman–Crippen MR) is 66.3 cm³/mol. The second kappa shape index (κ2) is 4.35. The van der Waals surface area contributed by atoms with Gasteiger partial charge in [0.15, 0.2) is 0 Å². The number of rotatable bonds is 4. The summed E-state index contributed by atoms with van der Waals surface area (Å²) < 4.78 is 1.92. The highest BCUT2D eigenvalue weighted by atomic mass is 35.5. The number of carbonyl (C=O) groups excluding carboxylic acids is 1. The topological polar surface area (TPSA) is 54.3 Å². The first-order valence-corrected chi connectivity index (χ1v) is 6.12. The molecule has 4 nitrogen and oxygen atoms in total. The summed E-state index contributed by atoms with van der Waals surface area (Å²) in [7, 11) is 0. The fourth-order valence-corrected chi connectivity index (χ4v) is 1.88. The summed E-state index contributed by atoms with van der Waals surface area (Å²) in [4.78, 5) is 12.0. The summed E-state index contributed by atoms with van der Waals surface area (Å²) >= 11 is 5.92. The average Bonchev–Trinajstić information content (AvgIpc) is 2.97. The minimum Gasteiger partial charge on any atom is -0.389 e. The molecule has 1 aromatic rings. The first kappa shape index (κ1) is 12.5. The Morgan fingerprint density at radius 3 is 2.82 bits per heavy atom. The average molecular weight is 257 g/mol. The fraction of sp³-hybridized carbons (Fsp3) is 0.583. The second-order valence-corrected chi connectivity index (χ2v) is 5.61. The number of halogens is 1. The zero-order valence-corrected chi connectivity index (χ0v) is 10.8. The van der Waals surface area contributed by atoms with Crippen LogP contribution in [-0.2, 0) is 0 Å². The number of aliphatic hydroxyl groups is 1. The monoisotopic (exact) mass is 256 g/mol. The van der Waals surface area contributed by atoms with Gasteiger partial charge < -0.3 is 15.0 Å². The summed E-state index contributed by atoms with van der Waals surface area (Å²) in [6.45, 7) is 3.53. The van der Waals surface area contributed by atoms with E-state index in [1.54, 1.807) is 26.1 Å². The van der Waals surface area contributed by atoms with Crippen molar-refractivity contribution in [3.05, 3.63) is 23.0 Å². The Morgan fingerprint density at radius 1 is 1.65 bits per heavy atom. The zero-order chi connectivity index (χ0) is 12.6. The lowest BCUT2D eigenvalue weighted by molar-refractivity contribution is 0.0689. The summed E-state index contributed by atoms with van der Waals surface area (Å²) in [6, 6.07) is 2.07. The molecule has 2 rings (SSSR count). The van der Waals surface area contributed by atoms with E-state index >= 15 is 0 Å². The molecule has 0 atom stereocenters. The highest BCUT2D eigenvalue weighted by Crippen LogP contribution is 2.37. The molecule has 1 aromatic heterocycles. The van der Waals surface area contributed by atoms with E-state index in [9.17, 15) is 9.90 Å². The van der Waals surface area contributed by atoms with E-state index in [1.807, 2.05) is 4.57 Å². The Labute approximate surface area is 106 Å². The van der Waals surface area contributed by atoms with Crippen molar-refractivity contribution in [3.8, 4) is 0 Å². The Kier molecular flexibility index (Phi) is 3.19. The van der Waals surface area contributed by atoms with Crippen LogP contribution in [0.15, 0.2) is 12.3 Å². The zero-order valence-electron chi connectivity index (χ0n) is 10.0. The maximum atomic E-state index is 12.0. The molecule has 0 aliphatic heterocycles. The van der Waals surface area contributed by atoms with Gasteiger partial charge in [0.1, 0.15) is 5.69 Å². The molecule has 17 heavy (non-hydrogen) atoms. The molecule has 5 heteroatoms. The molecular weight excluding hydrogens is 240 g/mol. The van der Waals surface area contributed by atoms with Crippen molar-refractivity contribution in [1.29, 1.82) is 0 Å². The molecule has 2 N–H and O–H groups in total. The van der Waals surface area contributed by atoms with Gasteiger partial charge in [0, 0.05) is 18.8 Å². The SMILES string of the molecule is CC(C)(O)CNC(=O)c1cc(Cl)cn1C1CC1.